The summed E-state index contributed by atoms with van der Waals surface area (Å²) in [6.07, 6.45) is 0. The van der Waals surface area contributed by atoms with Gasteiger partial charge in [-0.05, 0) is 30.3 Å². The number of rotatable bonds is 7. The summed E-state index contributed by atoms with van der Waals surface area (Å²) in [5.74, 6) is 1.49. The molecular weight excluding hydrogens is 440 g/mol. The molecular formula is C20H18N4O5S2. The lowest BCUT2D eigenvalue weighted by atomic mass is 10.2. The molecule has 160 valence electrons. The van der Waals surface area contributed by atoms with Gasteiger partial charge in [0.25, 0.3) is 5.91 Å². The first-order valence-electron chi connectivity index (χ1n) is 9.22. The first-order chi connectivity index (χ1) is 15.1. The van der Waals surface area contributed by atoms with Crippen LogP contribution < -0.4 is 24.8 Å². The lowest BCUT2D eigenvalue weighted by Crippen LogP contribution is -2.17. The van der Waals surface area contributed by atoms with Crippen molar-refractivity contribution in [1.29, 1.82) is 0 Å². The number of carbonyl (C=O) groups is 2. The summed E-state index contributed by atoms with van der Waals surface area (Å²) >= 11 is 2.43. The monoisotopic (exact) mass is 458 g/mol. The molecule has 0 aliphatic carbocycles. The van der Waals surface area contributed by atoms with Crippen molar-refractivity contribution in [1.82, 2.24) is 10.2 Å². The fraction of sp³-hybridized carbons (Fsp3) is 0.200. The molecule has 0 spiro atoms. The fourth-order valence-electron chi connectivity index (χ4n) is 2.70. The summed E-state index contributed by atoms with van der Waals surface area (Å²) in [7, 11) is 1.54. The molecule has 0 atom stereocenters. The maximum Gasteiger partial charge on any atom is 0.257 e. The Balaban J connectivity index is 1.28. The number of methoxy groups -OCH3 is 1. The lowest BCUT2D eigenvalue weighted by molar-refractivity contribution is -0.113. The number of anilines is 2. The number of amides is 2. The van der Waals surface area contributed by atoms with Gasteiger partial charge in [0.05, 0.1) is 12.9 Å². The Hall–Kier alpha value is -3.31. The number of nitrogens with one attached hydrogen (secondary N) is 2. The van der Waals surface area contributed by atoms with Crippen LogP contribution in [0.25, 0.3) is 0 Å². The third kappa shape index (κ3) is 5.44. The minimum absolute atomic E-state index is 0.146. The summed E-state index contributed by atoms with van der Waals surface area (Å²) in [5, 5.41) is 13.8. The van der Waals surface area contributed by atoms with Crippen molar-refractivity contribution in [3.63, 3.8) is 0 Å². The molecule has 2 heterocycles. The molecule has 31 heavy (non-hydrogen) atoms. The average Bonchev–Trinajstić information content (AvgIpc) is 3.25. The topological polar surface area (TPSA) is 112 Å². The summed E-state index contributed by atoms with van der Waals surface area (Å²) in [6, 6.07) is 12.0. The number of benzene rings is 2. The third-order valence-electron chi connectivity index (χ3n) is 4.11. The van der Waals surface area contributed by atoms with Gasteiger partial charge in [-0.25, -0.2) is 0 Å². The van der Waals surface area contributed by atoms with Crippen LogP contribution in [0.3, 0.4) is 0 Å². The molecule has 0 fully saturated rings. The van der Waals surface area contributed by atoms with E-state index >= 15 is 0 Å². The van der Waals surface area contributed by atoms with Gasteiger partial charge in [0, 0.05) is 17.3 Å². The van der Waals surface area contributed by atoms with Gasteiger partial charge in [0.2, 0.25) is 11.0 Å². The summed E-state index contributed by atoms with van der Waals surface area (Å²) in [4.78, 5) is 24.6. The van der Waals surface area contributed by atoms with Crippen molar-refractivity contribution in [3.05, 3.63) is 48.0 Å². The SMILES string of the molecule is COc1cccc(C(=O)Nc2nnc(SCC(=O)Nc3ccc4c(c3)OCCO4)s2)c1. The predicted molar refractivity (Wildman–Crippen MR) is 118 cm³/mol. The molecule has 0 saturated carbocycles. The summed E-state index contributed by atoms with van der Waals surface area (Å²) < 4.78 is 16.7. The molecule has 1 aliphatic rings. The van der Waals surface area contributed by atoms with E-state index in [-0.39, 0.29) is 17.6 Å². The quantitative estimate of drug-likeness (QED) is 0.410. The van der Waals surface area contributed by atoms with Crippen LogP contribution in [0.2, 0.25) is 0 Å². The Morgan fingerprint density at radius 2 is 1.94 bits per heavy atom. The van der Waals surface area contributed by atoms with Crippen LogP contribution in [-0.4, -0.2) is 48.1 Å². The number of aromatic nitrogens is 2. The molecule has 0 bridgehead atoms. The molecule has 2 aromatic carbocycles. The lowest BCUT2D eigenvalue weighted by Gasteiger charge is -2.18. The van der Waals surface area contributed by atoms with E-state index in [2.05, 4.69) is 20.8 Å². The average molecular weight is 459 g/mol. The standard InChI is InChI=1S/C20H18N4O5S2/c1-27-14-4-2-3-12(9-14)18(26)22-19-23-24-20(31-19)30-11-17(25)21-13-5-6-15-16(10-13)29-8-7-28-15/h2-6,9-10H,7-8,11H2,1H3,(H,21,25)(H,22,23,26). The molecule has 0 saturated heterocycles. The molecule has 2 amide bonds. The van der Waals surface area contributed by atoms with E-state index in [1.165, 1.54) is 30.2 Å². The Morgan fingerprint density at radius 3 is 2.77 bits per heavy atom. The number of carbonyl (C=O) groups excluding carboxylic acids is 2. The van der Waals surface area contributed by atoms with E-state index in [0.29, 0.717) is 51.2 Å². The second-order valence-electron chi connectivity index (χ2n) is 6.25. The van der Waals surface area contributed by atoms with Crippen molar-refractivity contribution in [2.75, 3.05) is 36.7 Å². The number of ether oxygens (including phenoxy) is 3. The molecule has 2 N–H and O–H groups in total. The molecule has 4 rings (SSSR count). The smallest absolute Gasteiger partial charge is 0.257 e. The van der Waals surface area contributed by atoms with Gasteiger partial charge in [0.15, 0.2) is 15.8 Å². The zero-order valence-corrected chi connectivity index (χ0v) is 18.0. The Morgan fingerprint density at radius 1 is 1.10 bits per heavy atom. The molecule has 11 heteroatoms. The minimum atomic E-state index is -0.317. The van der Waals surface area contributed by atoms with Gasteiger partial charge in [-0.15, -0.1) is 10.2 Å². The van der Waals surface area contributed by atoms with Crippen LogP contribution in [0.15, 0.2) is 46.8 Å². The number of nitrogens with zero attached hydrogens (tertiary/aromatic N) is 2. The largest absolute Gasteiger partial charge is 0.497 e. The van der Waals surface area contributed by atoms with Crippen LogP contribution in [-0.2, 0) is 4.79 Å². The predicted octanol–water partition coefficient (Wildman–Crippen LogP) is 3.30. The van der Waals surface area contributed by atoms with E-state index < -0.39 is 0 Å². The molecule has 3 aromatic rings. The number of hydrogen-bond donors (Lipinski definition) is 2. The van der Waals surface area contributed by atoms with E-state index in [9.17, 15) is 9.59 Å². The Kier molecular flexibility index (Phi) is 6.53. The van der Waals surface area contributed by atoms with Gasteiger partial charge in [-0.2, -0.15) is 0 Å². The highest BCUT2D eigenvalue weighted by Crippen LogP contribution is 2.33. The fourth-order valence-corrected chi connectivity index (χ4v) is 4.24. The van der Waals surface area contributed by atoms with E-state index in [4.69, 9.17) is 14.2 Å². The highest BCUT2D eigenvalue weighted by molar-refractivity contribution is 8.01. The Bertz CT molecular complexity index is 1100. The molecule has 0 radical (unpaired) electrons. The highest BCUT2D eigenvalue weighted by Gasteiger charge is 2.15. The first kappa shape index (κ1) is 20.9. The maximum absolute atomic E-state index is 12.3. The van der Waals surface area contributed by atoms with E-state index in [1.54, 1.807) is 42.5 Å². The molecule has 1 aromatic heterocycles. The summed E-state index contributed by atoms with van der Waals surface area (Å²) in [5.41, 5.74) is 1.07. The third-order valence-corrected chi connectivity index (χ3v) is 6.08. The zero-order chi connectivity index (χ0) is 21.6. The first-order valence-corrected chi connectivity index (χ1v) is 11.0. The van der Waals surface area contributed by atoms with Crippen LogP contribution >= 0.6 is 23.1 Å². The second-order valence-corrected chi connectivity index (χ2v) is 8.45. The van der Waals surface area contributed by atoms with Crippen molar-refractivity contribution >= 4 is 45.7 Å². The van der Waals surface area contributed by atoms with Crippen LogP contribution in [0.4, 0.5) is 10.8 Å². The highest BCUT2D eigenvalue weighted by atomic mass is 32.2. The maximum atomic E-state index is 12.3. The minimum Gasteiger partial charge on any atom is -0.497 e. The van der Waals surface area contributed by atoms with Gasteiger partial charge in [0.1, 0.15) is 19.0 Å². The van der Waals surface area contributed by atoms with Crippen LogP contribution in [0, 0.1) is 0 Å². The van der Waals surface area contributed by atoms with Crippen molar-refractivity contribution in [3.8, 4) is 17.2 Å². The van der Waals surface area contributed by atoms with Gasteiger partial charge in [-0.1, -0.05) is 29.2 Å². The second kappa shape index (κ2) is 9.67. The number of hydrogen-bond acceptors (Lipinski definition) is 9. The summed E-state index contributed by atoms with van der Waals surface area (Å²) in [6.45, 7) is 0.993. The molecule has 9 nitrogen and oxygen atoms in total. The van der Waals surface area contributed by atoms with Gasteiger partial charge < -0.3 is 19.5 Å². The van der Waals surface area contributed by atoms with Crippen molar-refractivity contribution in [2.45, 2.75) is 4.34 Å². The molecule has 0 unspecified atom stereocenters. The number of thioether (sulfide) groups is 1. The van der Waals surface area contributed by atoms with Crippen molar-refractivity contribution in [2.24, 2.45) is 0 Å². The van der Waals surface area contributed by atoms with Crippen LogP contribution in [0.1, 0.15) is 10.4 Å². The van der Waals surface area contributed by atoms with E-state index in [1.807, 2.05) is 0 Å². The van der Waals surface area contributed by atoms with Gasteiger partial charge >= 0.3 is 0 Å². The zero-order valence-electron chi connectivity index (χ0n) is 16.4. The Labute approximate surface area is 186 Å². The molecule has 1 aliphatic heterocycles. The number of fused-ring (bicyclic) bond motifs is 1. The normalized spacial score (nSPS) is 12.2. The van der Waals surface area contributed by atoms with Gasteiger partial charge in [-0.3, -0.25) is 14.9 Å². The van der Waals surface area contributed by atoms with Crippen molar-refractivity contribution < 1.29 is 23.8 Å². The van der Waals surface area contributed by atoms with E-state index in [0.717, 1.165) is 0 Å². The van der Waals surface area contributed by atoms with Crippen LogP contribution in [0.5, 0.6) is 17.2 Å².